The van der Waals surface area contributed by atoms with E-state index in [1.54, 1.807) is 6.07 Å². The fourth-order valence-electron chi connectivity index (χ4n) is 2.89. The third-order valence-electron chi connectivity index (χ3n) is 4.27. The molecule has 7 heteroatoms. The lowest BCUT2D eigenvalue weighted by Gasteiger charge is -2.32. The van der Waals surface area contributed by atoms with E-state index in [4.69, 9.17) is 0 Å². The highest BCUT2D eigenvalue weighted by atomic mass is 16.6. The summed E-state index contributed by atoms with van der Waals surface area (Å²) in [6.07, 6.45) is 8.33. The highest BCUT2D eigenvalue weighted by Crippen LogP contribution is 2.25. The van der Waals surface area contributed by atoms with Gasteiger partial charge in [0.15, 0.2) is 0 Å². The fourth-order valence-corrected chi connectivity index (χ4v) is 2.89. The Kier molecular flexibility index (Phi) is 4.04. The SMILES string of the molecule is Cn1ccnc1CC1CCN(c2ccc([N+](=O)[O-])cn2)CC1. The first-order valence-electron chi connectivity index (χ1n) is 7.45. The number of anilines is 1. The summed E-state index contributed by atoms with van der Waals surface area (Å²) in [6, 6.07) is 3.25. The van der Waals surface area contributed by atoms with Crippen molar-refractivity contribution in [2.75, 3.05) is 18.0 Å². The van der Waals surface area contributed by atoms with Crippen molar-refractivity contribution in [3.63, 3.8) is 0 Å². The summed E-state index contributed by atoms with van der Waals surface area (Å²) in [4.78, 5) is 21.0. The second kappa shape index (κ2) is 6.13. The molecule has 0 aliphatic carbocycles. The molecule has 0 aromatic carbocycles. The molecule has 22 heavy (non-hydrogen) atoms. The fraction of sp³-hybridized carbons (Fsp3) is 0.467. The Labute approximate surface area is 128 Å². The highest BCUT2D eigenvalue weighted by Gasteiger charge is 2.22. The molecule has 0 spiro atoms. The lowest BCUT2D eigenvalue weighted by molar-refractivity contribution is -0.385. The van der Waals surface area contributed by atoms with Gasteiger partial charge in [-0.25, -0.2) is 9.97 Å². The van der Waals surface area contributed by atoms with E-state index in [-0.39, 0.29) is 5.69 Å². The van der Waals surface area contributed by atoms with Crippen molar-refractivity contribution in [3.8, 4) is 0 Å². The third kappa shape index (κ3) is 3.08. The van der Waals surface area contributed by atoms with Crippen molar-refractivity contribution in [2.45, 2.75) is 19.3 Å². The summed E-state index contributed by atoms with van der Waals surface area (Å²) >= 11 is 0. The maximum absolute atomic E-state index is 10.7. The molecule has 0 amide bonds. The Morgan fingerprint density at radius 2 is 2.09 bits per heavy atom. The van der Waals surface area contributed by atoms with Gasteiger partial charge in [-0.3, -0.25) is 10.1 Å². The predicted octanol–water partition coefficient (Wildman–Crippen LogP) is 2.18. The van der Waals surface area contributed by atoms with E-state index in [0.29, 0.717) is 5.92 Å². The van der Waals surface area contributed by atoms with Crippen LogP contribution in [-0.4, -0.2) is 32.5 Å². The number of nitrogens with zero attached hydrogens (tertiary/aromatic N) is 5. The Hall–Kier alpha value is -2.44. The van der Waals surface area contributed by atoms with E-state index in [2.05, 4.69) is 19.4 Å². The van der Waals surface area contributed by atoms with Gasteiger partial charge in [-0.2, -0.15) is 0 Å². The molecule has 0 radical (unpaired) electrons. The van der Waals surface area contributed by atoms with Crippen LogP contribution in [0.4, 0.5) is 11.5 Å². The van der Waals surface area contributed by atoms with Gasteiger partial charge in [-0.1, -0.05) is 0 Å². The first-order chi connectivity index (χ1) is 10.6. The molecular formula is C15H19N5O2. The lowest BCUT2D eigenvalue weighted by atomic mass is 9.93. The minimum Gasteiger partial charge on any atom is -0.357 e. The van der Waals surface area contributed by atoms with Crippen LogP contribution in [0.5, 0.6) is 0 Å². The zero-order chi connectivity index (χ0) is 15.5. The maximum Gasteiger partial charge on any atom is 0.287 e. The van der Waals surface area contributed by atoms with Crippen molar-refractivity contribution >= 4 is 11.5 Å². The summed E-state index contributed by atoms with van der Waals surface area (Å²) in [5.41, 5.74) is 0.0356. The van der Waals surface area contributed by atoms with Crippen LogP contribution in [0.25, 0.3) is 0 Å². The molecule has 1 saturated heterocycles. The molecule has 116 valence electrons. The zero-order valence-electron chi connectivity index (χ0n) is 12.6. The number of aryl methyl sites for hydroxylation is 1. The van der Waals surface area contributed by atoms with Crippen LogP contribution >= 0.6 is 0 Å². The monoisotopic (exact) mass is 301 g/mol. The van der Waals surface area contributed by atoms with Crippen molar-refractivity contribution < 1.29 is 4.92 Å². The molecule has 1 fully saturated rings. The van der Waals surface area contributed by atoms with Crippen LogP contribution < -0.4 is 4.90 Å². The quantitative estimate of drug-likeness (QED) is 0.639. The molecule has 0 unspecified atom stereocenters. The number of hydrogen-bond donors (Lipinski definition) is 0. The minimum atomic E-state index is -0.421. The van der Waals surface area contributed by atoms with Gasteiger partial charge < -0.3 is 9.47 Å². The standard InChI is InChI=1S/C15H19N5O2/c1-18-9-6-16-15(18)10-12-4-7-19(8-5-12)14-3-2-13(11-17-14)20(21)22/h2-3,6,9,11-12H,4-5,7-8,10H2,1H3. The van der Waals surface area contributed by atoms with Crippen LogP contribution in [0.2, 0.25) is 0 Å². The Bertz CT molecular complexity index is 644. The van der Waals surface area contributed by atoms with Crippen LogP contribution in [0.15, 0.2) is 30.7 Å². The average molecular weight is 301 g/mol. The van der Waals surface area contributed by atoms with Gasteiger partial charge in [0.25, 0.3) is 5.69 Å². The first kappa shape index (κ1) is 14.5. The minimum absolute atomic E-state index is 0.0356. The van der Waals surface area contributed by atoms with Gasteiger partial charge in [-0.05, 0) is 24.8 Å². The number of rotatable bonds is 4. The van der Waals surface area contributed by atoms with Crippen LogP contribution in [-0.2, 0) is 13.5 Å². The zero-order valence-corrected chi connectivity index (χ0v) is 12.6. The lowest BCUT2D eigenvalue weighted by Crippen LogP contribution is -2.35. The molecule has 1 aliphatic rings. The Morgan fingerprint density at radius 1 is 1.32 bits per heavy atom. The molecule has 1 aliphatic heterocycles. The maximum atomic E-state index is 10.7. The molecule has 2 aromatic rings. The smallest absolute Gasteiger partial charge is 0.287 e. The number of imidazole rings is 1. The van der Waals surface area contributed by atoms with Crippen molar-refractivity contribution in [2.24, 2.45) is 13.0 Å². The molecule has 2 aromatic heterocycles. The number of nitro groups is 1. The average Bonchev–Trinajstić information content (AvgIpc) is 2.93. The van der Waals surface area contributed by atoms with Crippen molar-refractivity contribution in [1.82, 2.24) is 14.5 Å². The van der Waals surface area contributed by atoms with E-state index < -0.39 is 4.92 Å². The highest BCUT2D eigenvalue weighted by molar-refractivity contribution is 5.43. The second-order valence-corrected chi connectivity index (χ2v) is 5.72. The summed E-state index contributed by atoms with van der Waals surface area (Å²) < 4.78 is 2.07. The summed E-state index contributed by atoms with van der Waals surface area (Å²) in [5.74, 6) is 2.59. The van der Waals surface area contributed by atoms with Gasteiger partial charge in [-0.15, -0.1) is 0 Å². The van der Waals surface area contributed by atoms with Gasteiger partial charge in [0, 0.05) is 45.0 Å². The Balaban J connectivity index is 1.57. The van der Waals surface area contributed by atoms with E-state index in [1.807, 2.05) is 19.4 Å². The normalized spacial score (nSPS) is 16.0. The van der Waals surface area contributed by atoms with E-state index in [9.17, 15) is 10.1 Å². The third-order valence-corrected chi connectivity index (χ3v) is 4.27. The van der Waals surface area contributed by atoms with Crippen LogP contribution in [0.3, 0.4) is 0 Å². The molecule has 0 bridgehead atoms. The summed E-state index contributed by atoms with van der Waals surface area (Å²) in [5, 5.41) is 10.7. The number of piperidine rings is 1. The van der Waals surface area contributed by atoms with Gasteiger partial charge in [0.1, 0.15) is 17.8 Å². The van der Waals surface area contributed by atoms with Crippen molar-refractivity contribution in [3.05, 3.63) is 46.7 Å². The van der Waals surface area contributed by atoms with E-state index in [1.165, 1.54) is 12.3 Å². The summed E-state index contributed by atoms with van der Waals surface area (Å²) in [7, 11) is 2.03. The van der Waals surface area contributed by atoms with Gasteiger partial charge in [0.2, 0.25) is 0 Å². The van der Waals surface area contributed by atoms with Gasteiger partial charge in [0.05, 0.1) is 4.92 Å². The topological polar surface area (TPSA) is 77.1 Å². The predicted molar refractivity (Wildman–Crippen MR) is 82.7 cm³/mol. The van der Waals surface area contributed by atoms with Crippen LogP contribution in [0, 0.1) is 16.0 Å². The molecule has 0 N–H and O–H groups in total. The first-order valence-corrected chi connectivity index (χ1v) is 7.45. The second-order valence-electron chi connectivity index (χ2n) is 5.72. The largest absolute Gasteiger partial charge is 0.357 e. The summed E-state index contributed by atoms with van der Waals surface area (Å²) in [6.45, 7) is 1.86. The number of hydrogen-bond acceptors (Lipinski definition) is 5. The molecule has 0 saturated carbocycles. The number of aromatic nitrogens is 3. The molecule has 3 heterocycles. The molecule has 7 nitrogen and oxygen atoms in total. The van der Waals surface area contributed by atoms with Gasteiger partial charge >= 0.3 is 0 Å². The number of pyridine rings is 1. The Morgan fingerprint density at radius 3 is 2.64 bits per heavy atom. The van der Waals surface area contributed by atoms with E-state index >= 15 is 0 Å². The van der Waals surface area contributed by atoms with E-state index in [0.717, 1.165) is 44.0 Å². The molecule has 0 atom stereocenters. The van der Waals surface area contributed by atoms with Crippen LogP contribution in [0.1, 0.15) is 18.7 Å². The molecular weight excluding hydrogens is 282 g/mol. The van der Waals surface area contributed by atoms with Crippen molar-refractivity contribution in [1.29, 1.82) is 0 Å². The molecule has 3 rings (SSSR count).